The third-order valence-electron chi connectivity index (χ3n) is 5.90. The summed E-state index contributed by atoms with van der Waals surface area (Å²) < 4.78 is 47.3. The highest BCUT2D eigenvalue weighted by atomic mass is 19.4. The normalized spacial score (nSPS) is 17.2. The predicted octanol–water partition coefficient (Wildman–Crippen LogP) is 6.23. The van der Waals surface area contributed by atoms with E-state index >= 15 is 0 Å². The van der Waals surface area contributed by atoms with Crippen LogP contribution in [0.5, 0.6) is 11.5 Å². The first kappa shape index (κ1) is 25.8. The monoisotopic (exact) mass is 511 g/mol. The molecule has 3 aromatic carbocycles. The van der Waals surface area contributed by atoms with Crippen molar-refractivity contribution in [2.24, 2.45) is 0 Å². The van der Waals surface area contributed by atoms with Crippen LogP contribution in [0.2, 0.25) is 0 Å². The SMILES string of the molecule is CCOc1ccc(/C(O)=C2/C(=O)C(=O)N(c3ccc(OC(F)(F)F)cc3)C2c2cccc(C)c2)cc1C. The van der Waals surface area contributed by atoms with E-state index in [4.69, 9.17) is 4.74 Å². The first-order valence-corrected chi connectivity index (χ1v) is 11.5. The summed E-state index contributed by atoms with van der Waals surface area (Å²) in [6.07, 6.45) is -4.87. The highest BCUT2D eigenvalue weighted by Crippen LogP contribution is 2.43. The molecular weight excluding hydrogens is 487 g/mol. The lowest BCUT2D eigenvalue weighted by atomic mass is 9.94. The highest BCUT2D eigenvalue weighted by molar-refractivity contribution is 6.51. The van der Waals surface area contributed by atoms with Gasteiger partial charge in [-0.05, 0) is 74.4 Å². The molecule has 1 amide bonds. The number of ether oxygens (including phenoxy) is 2. The van der Waals surface area contributed by atoms with E-state index in [1.165, 1.54) is 17.0 Å². The number of aliphatic hydroxyl groups excluding tert-OH is 1. The Morgan fingerprint density at radius 3 is 2.30 bits per heavy atom. The fourth-order valence-corrected chi connectivity index (χ4v) is 4.33. The van der Waals surface area contributed by atoms with Gasteiger partial charge >= 0.3 is 6.36 Å². The smallest absolute Gasteiger partial charge is 0.507 e. The number of amides is 1. The van der Waals surface area contributed by atoms with Gasteiger partial charge in [-0.25, -0.2) is 0 Å². The maximum absolute atomic E-state index is 13.3. The molecule has 1 atom stereocenters. The van der Waals surface area contributed by atoms with Crippen LogP contribution < -0.4 is 14.4 Å². The zero-order valence-corrected chi connectivity index (χ0v) is 20.3. The van der Waals surface area contributed by atoms with E-state index < -0.39 is 29.8 Å². The van der Waals surface area contributed by atoms with Gasteiger partial charge in [-0.15, -0.1) is 13.2 Å². The molecule has 1 N–H and O–H groups in total. The second-order valence-electron chi connectivity index (χ2n) is 8.54. The minimum Gasteiger partial charge on any atom is -0.507 e. The van der Waals surface area contributed by atoms with Crippen LogP contribution in [0.25, 0.3) is 5.76 Å². The Labute approximate surface area is 211 Å². The molecule has 0 radical (unpaired) electrons. The number of ketones is 1. The number of halogens is 3. The maximum Gasteiger partial charge on any atom is 0.573 e. The van der Waals surface area contributed by atoms with Crippen molar-refractivity contribution in [1.29, 1.82) is 0 Å². The van der Waals surface area contributed by atoms with E-state index in [1.807, 2.05) is 19.9 Å². The van der Waals surface area contributed by atoms with Gasteiger partial charge in [0.25, 0.3) is 11.7 Å². The lowest BCUT2D eigenvalue weighted by Crippen LogP contribution is -2.29. The van der Waals surface area contributed by atoms with Crippen LogP contribution in [-0.4, -0.2) is 29.8 Å². The van der Waals surface area contributed by atoms with Crippen LogP contribution in [0.1, 0.15) is 35.2 Å². The molecule has 0 bridgehead atoms. The molecule has 0 saturated carbocycles. The van der Waals surface area contributed by atoms with Crippen molar-refractivity contribution < 1.29 is 37.3 Å². The van der Waals surface area contributed by atoms with Gasteiger partial charge in [-0.2, -0.15) is 0 Å². The number of hydrogen-bond acceptors (Lipinski definition) is 5. The van der Waals surface area contributed by atoms with Crippen LogP contribution >= 0.6 is 0 Å². The number of hydrogen-bond donors (Lipinski definition) is 1. The Hall–Kier alpha value is -4.27. The first-order valence-electron chi connectivity index (χ1n) is 11.5. The number of carbonyl (C=O) groups excluding carboxylic acids is 2. The number of benzene rings is 3. The summed E-state index contributed by atoms with van der Waals surface area (Å²) in [7, 11) is 0. The van der Waals surface area contributed by atoms with Gasteiger partial charge in [-0.1, -0.05) is 29.8 Å². The molecule has 0 aliphatic carbocycles. The molecule has 1 heterocycles. The van der Waals surface area contributed by atoms with Crippen LogP contribution in [0, 0.1) is 13.8 Å². The quantitative estimate of drug-likeness (QED) is 0.241. The molecule has 0 aromatic heterocycles. The number of anilines is 1. The van der Waals surface area contributed by atoms with Gasteiger partial charge < -0.3 is 14.6 Å². The van der Waals surface area contributed by atoms with Crippen molar-refractivity contribution in [3.8, 4) is 11.5 Å². The Bertz CT molecular complexity index is 1380. The van der Waals surface area contributed by atoms with Gasteiger partial charge in [-0.3, -0.25) is 14.5 Å². The maximum atomic E-state index is 13.3. The average molecular weight is 511 g/mol. The number of alkyl halides is 3. The van der Waals surface area contributed by atoms with Crippen LogP contribution in [0.3, 0.4) is 0 Å². The molecule has 1 aliphatic heterocycles. The van der Waals surface area contributed by atoms with Crippen molar-refractivity contribution >= 4 is 23.1 Å². The van der Waals surface area contributed by atoms with Crippen LogP contribution in [0.4, 0.5) is 18.9 Å². The summed E-state index contributed by atoms with van der Waals surface area (Å²) in [4.78, 5) is 27.7. The molecule has 4 rings (SSSR count). The minimum absolute atomic E-state index is 0.130. The topological polar surface area (TPSA) is 76.1 Å². The minimum atomic E-state index is -4.87. The van der Waals surface area contributed by atoms with E-state index in [9.17, 15) is 27.9 Å². The summed E-state index contributed by atoms with van der Waals surface area (Å²) in [5, 5.41) is 11.3. The molecule has 37 heavy (non-hydrogen) atoms. The van der Waals surface area contributed by atoms with Crippen molar-refractivity contribution in [2.75, 3.05) is 11.5 Å². The summed E-state index contributed by atoms with van der Waals surface area (Å²) in [5.74, 6) is -2.04. The Morgan fingerprint density at radius 2 is 1.70 bits per heavy atom. The first-order chi connectivity index (χ1) is 17.5. The Morgan fingerprint density at radius 1 is 1.00 bits per heavy atom. The number of rotatable bonds is 6. The fraction of sp³-hybridized carbons (Fsp3) is 0.214. The molecule has 6 nitrogen and oxygen atoms in total. The van der Waals surface area contributed by atoms with E-state index in [0.717, 1.165) is 23.3 Å². The van der Waals surface area contributed by atoms with Crippen molar-refractivity contribution in [3.63, 3.8) is 0 Å². The van der Waals surface area contributed by atoms with Gasteiger partial charge in [0.15, 0.2) is 0 Å². The van der Waals surface area contributed by atoms with Crippen molar-refractivity contribution in [3.05, 3.63) is 94.6 Å². The summed E-state index contributed by atoms with van der Waals surface area (Å²) in [5.41, 5.74) is 2.51. The average Bonchev–Trinajstić information content (AvgIpc) is 3.10. The number of carbonyl (C=O) groups is 2. The fourth-order valence-electron chi connectivity index (χ4n) is 4.33. The summed E-state index contributed by atoms with van der Waals surface area (Å²) in [6.45, 7) is 5.94. The number of aliphatic hydroxyl groups is 1. The van der Waals surface area contributed by atoms with Crippen molar-refractivity contribution in [2.45, 2.75) is 33.2 Å². The van der Waals surface area contributed by atoms with E-state index in [-0.39, 0.29) is 17.0 Å². The van der Waals surface area contributed by atoms with E-state index in [1.54, 1.807) is 43.3 Å². The predicted molar refractivity (Wildman–Crippen MR) is 131 cm³/mol. The zero-order valence-electron chi connectivity index (χ0n) is 20.3. The summed E-state index contributed by atoms with van der Waals surface area (Å²) in [6, 6.07) is 15.6. The molecule has 1 aliphatic rings. The summed E-state index contributed by atoms with van der Waals surface area (Å²) >= 11 is 0. The molecule has 1 saturated heterocycles. The lowest BCUT2D eigenvalue weighted by Gasteiger charge is -2.26. The highest BCUT2D eigenvalue weighted by Gasteiger charge is 2.47. The standard InChI is InChI=1S/C28H24F3NO5/c1-4-36-22-13-8-19(15-17(22)3)25(33)23-24(18-7-5-6-16(2)14-18)32(27(35)26(23)34)20-9-11-21(12-10-20)37-28(29,30)31/h5-15,24,33H,4H2,1-3H3/b25-23-. The second kappa shape index (κ2) is 10.0. The van der Waals surface area contributed by atoms with Gasteiger partial charge in [0.2, 0.25) is 0 Å². The number of aryl methyl sites for hydroxylation is 2. The van der Waals surface area contributed by atoms with E-state index in [0.29, 0.717) is 23.5 Å². The molecule has 9 heteroatoms. The molecule has 3 aromatic rings. The molecular formula is C28H24F3NO5. The van der Waals surface area contributed by atoms with Gasteiger partial charge in [0.05, 0.1) is 18.2 Å². The molecule has 1 unspecified atom stereocenters. The Kier molecular flexibility index (Phi) is 6.98. The van der Waals surface area contributed by atoms with Crippen LogP contribution in [-0.2, 0) is 9.59 Å². The number of Topliss-reactive ketones (excluding diaryl/α,β-unsaturated/α-hetero) is 1. The Balaban J connectivity index is 1.85. The van der Waals surface area contributed by atoms with Gasteiger partial charge in [0.1, 0.15) is 17.3 Å². The lowest BCUT2D eigenvalue weighted by molar-refractivity contribution is -0.274. The molecule has 1 fully saturated rings. The molecule has 0 spiro atoms. The zero-order chi connectivity index (χ0) is 26.9. The third-order valence-corrected chi connectivity index (χ3v) is 5.90. The molecule has 192 valence electrons. The third kappa shape index (κ3) is 5.30. The van der Waals surface area contributed by atoms with Crippen LogP contribution in [0.15, 0.2) is 72.3 Å². The van der Waals surface area contributed by atoms with E-state index in [2.05, 4.69) is 4.74 Å². The second-order valence-corrected chi connectivity index (χ2v) is 8.54. The largest absolute Gasteiger partial charge is 0.573 e. The number of nitrogens with zero attached hydrogens (tertiary/aromatic N) is 1. The van der Waals surface area contributed by atoms with Crippen molar-refractivity contribution in [1.82, 2.24) is 0 Å². The van der Waals surface area contributed by atoms with Gasteiger partial charge in [0, 0.05) is 11.3 Å².